The molecule has 32 heavy (non-hydrogen) atoms. The number of ether oxygens (including phenoxy) is 1. The van der Waals surface area contributed by atoms with E-state index in [9.17, 15) is 22.4 Å². The van der Waals surface area contributed by atoms with Gasteiger partial charge in [-0.1, -0.05) is 0 Å². The maximum atomic E-state index is 14.3. The maximum absolute atomic E-state index is 14.3. The maximum Gasteiger partial charge on any atom is 0.433 e. The number of hydrogen-bond donors (Lipinski definition) is 2. The van der Waals surface area contributed by atoms with Crippen molar-refractivity contribution in [1.29, 1.82) is 0 Å². The number of carbonyl (C=O) groups is 1. The average molecular weight is 449 g/mol. The zero-order chi connectivity index (χ0) is 22.5. The Morgan fingerprint density at radius 2 is 2.06 bits per heavy atom. The van der Waals surface area contributed by atoms with Crippen molar-refractivity contribution < 1.29 is 27.1 Å². The first-order chi connectivity index (χ1) is 15.2. The van der Waals surface area contributed by atoms with Gasteiger partial charge in [0.15, 0.2) is 11.5 Å². The molecule has 1 aliphatic heterocycles. The fraction of sp³-hybridized carbons (Fsp3) is 0.381. The van der Waals surface area contributed by atoms with Gasteiger partial charge in [0.1, 0.15) is 18.1 Å². The van der Waals surface area contributed by atoms with Crippen LogP contribution in [0.2, 0.25) is 0 Å². The highest BCUT2D eigenvalue weighted by Crippen LogP contribution is 2.37. The number of pyridine rings is 2. The SMILES string of the molecule is O=C(Nc1cc2cc(-c3cc(C(F)(F)F)ncc3OCC3(F)CNC3)ccn2n1)C1CC1. The van der Waals surface area contributed by atoms with Crippen LogP contribution in [-0.2, 0) is 11.0 Å². The number of hydrogen-bond acceptors (Lipinski definition) is 5. The molecule has 1 aliphatic carbocycles. The van der Waals surface area contributed by atoms with Crippen molar-refractivity contribution >= 4 is 17.2 Å². The Balaban J connectivity index is 1.48. The summed E-state index contributed by atoms with van der Waals surface area (Å²) in [6, 6.07) is 5.72. The van der Waals surface area contributed by atoms with E-state index in [-0.39, 0.29) is 42.8 Å². The summed E-state index contributed by atoms with van der Waals surface area (Å²) in [6.45, 7) is -0.0621. The highest BCUT2D eigenvalue weighted by Gasteiger charge is 2.38. The predicted molar refractivity (Wildman–Crippen MR) is 107 cm³/mol. The summed E-state index contributed by atoms with van der Waals surface area (Å²) in [7, 11) is 0. The second kappa shape index (κ2) is 7.44. The normalized spacial score (nSPS) is 17.8. The van der Waals surface area contributed by atoms with Gasteiger partial charge in [0.2, 0.25) is 5.91 Å². The number of anilines is 1. The van der Waals surface area contributed by atoms with Crippen molar-refractivity contribution in [3.8, 4) is 16.9 Å². The molecule has 1 saturated heterocycles. The van der Waals surface area contributed by atoms with Crippen LogP contribution in [0.15, 0.2) is 36.7 Å². The zero-order valence-electron chi connectivity index (χ0n) is 16.7. The van der Waals surface area contributed by atoms with E-state index < -0.39 is 17.5 Å². The fourth-order valence-electron chi connectivity index (χ4n) is 3.44. The van der Waals surface area contributed by atoms with Crippen molar-refractivity contribution in [3.05, 3.63) is 42.4 Å². The van der Waals surface area contributed by atoms with E-state index in [1.165, 1.54) is 4.52 Å². The number of fused-ring (bicyclic) bond motifs is 1. The summed E-state index contributed by atoms with van der Waals surface area (Å²) in [5, 5.41) is 9.81. The minimum absolute atomic E-state index is 0.0114. The molecule has 2 N–H and O–H groups in total. The number of nitrogens with one attached hydrogen (secondary N) is 2. The molecule has 1 amide bonds. The Morgan fingerprint density at radius 3 is 2.72 bits per heavy atom. The monoisotopic (exact) mass is 449 g/mol. The van der Waals surface area contributed by atoms with Gasteiger partial charge in [-0.2, -0.15) is 18.3 Å². The summed E-state index contributed by atoms with van der Waals surface area (Å²) >= 11 is 0. The van der Waals surface area contributed by atoms with Crippen LogP contribution in [0.3, 0.4) is 0 Å². The first-order valence-electron chi connectivity index (χ1n) is 10.1. The van der Waals surface area contributed by atoms with Crippen LogP contribution in [0.25, 0.3) is 16.6 Å². The molecule has 4 heterocycles. The third-order valence-electron chi connectivity index (χ3n) is 5.50. The van der Waals surface area contributed by atoms with Crippen molar-refractivity contribution in [2.24, 2.45) is 5.92 Å². The quantitative estimate of drug-likeness (QED) is 0.564. The molecule has 3 aromatic rings. The molecule has 3 aromatic heterocycles. The van der Waals surface area contributed by atoms with E-state index in [4.69, 9.17) is 4.74 Å². The number of rotatable bonds is 6. The zero-order valence-corrected chi connectivity index (χ0v) is 16.7. The van der Waals surface area contributed by atoms with E-state index in [1.807, 2.05) is 0 Å². The summed E-state index contributed by atoms with van der Waals surface area (Å²) in [6.07, 6.45) is -0.401. The molecule has 0 spiro atoms. The van der Waals surface area contributed by atoms with Crippen LogP contribution < -0.4 is 15.4 Å². The predicted octanol–water partition coefficient (Wildman–Crippen LogP) is 3.45. The summed E-state index contributed by atoms with van der Waals surface area (Å²) < 4.78 is 61.2. The van der Waals surface area contributed by atoms with Crippen LogP contribution in [0.5, 0.6) is 5.75 Å². The largest absolute Gasteiger partial charge is 0.488 e. The fourth-order valence-corrected chi connectivity index (χ4v) is 3.44. The van der Waals surface area contributed by atoms with Gasteiger partial charge in [0.05, 0.1) is 11.7 Å². The lowest BCUT2D eigenvalue weighted by Gasteiger charge is -2.34. The molecule has 0 bridgehead atoms. The second-order valence-electron chi connectivity index (χ2n) is 8.18. The molecule has 7 nitrogen and oxygen atoms in total. The number of alkyl halides is 4. The Kier molecular flexibility index (Phi) is 4.81. The number of carbonyl (C=O) groups excluding carboxylic acids is 1. The van der Waals surface area contributed by atoms with Gasteiger partial charge in [0, 0.05) is 36.8 Å². The molecule has 2 fully saturated rings. The molecule has 168 valence electrons. The van der Waals surface area contributed by atoms with Gasteiger partial charge in [-0.05, 0) is 36.6 Å². The standard InChI is InChI=1S/C21H19F4N5O2/c22-20(9-26-10-20)11-32-16-8-27-17(21(23,24)25)7-15(16)13-3-4-30-14(5-13)6-18(29-30)28-19(31)12-1-2-12/h3-8,12,26H,1-2,9-11H2,(H,28,29,31). The molecule has 1 saturated carbocycles. The number of amides is 1. The Labute approximate surface area is 179 Å². The van der Waals surface area contributed by atoms with Gasteiger partial charge >= 0.3 is 6.18 Å². The van der Waals surface area contributed by atoms with Crippen molar-refractivity contribution in [2.45, 2.75) is 24.7 Å². The minimum atomic E-state index is -4.65. The first-order valence-corrected chi connectivity index (χ1v) is 10.1. The second-order valence-corrected chi connectivity index (χ2v) is 8.18. The number of halogens is 4. The van der Waals surface area contributed by atoms with E-state index in [1.54, 1.807) is 24.4 Å². The summed E-state index contributed by atoms with van der Waals surface area (Å²) in [5.74, 6) is 0.322. The van der Waals surface area contributed by atoms with Crippen molar-refractivity contribution in [2.75, 3.05) is 25.0 Å². The Bertz CT molecular complexity index is 1180. The van der Waals surface area contributed by atoms with E-state index >= 15 is 0 Å². The molecular weight excluding hydrogens is 430 g/mol. The number of nitrogens with zero attached hydrogens (tertiary/aromatic N) is 3. The van der Waals surface area contributed by atoms with Crippen LogP contribution in [-0.4, -0.2) is 45.9 Å². The lowest BCUT2D eigenvalue weighted by Crippen LogP contribution is -2.59. The highest BCUT2D eigenvalue weighted by atomic mass is 19.4. The van der Waals surface area contributed by atoms with E-state index in [0.29, 0.717) is 16.9 Å². The lowest BCUT2D eigenvalue weighted by molar-refractivity contribution is -0.141. The van der Waals surface area contributed by atoms with E-state index in [0.717, 1.165) is 25.1 Å². The lowest BCUT2D eigenvalue weighted by atomic mass is 10.0. The minimum Gasteiger partial charge on any atom is -0.488 e. The van der Waals surface area contributed by atoms with Gasteiger partial charge in [-0.25, -0.2) is 13.9 Å². The van der Waals surface area contributed by atoms with E-state index in [2.05, 4.69) is 20.7 Å². The molecule has 0 radical (unpaired) electrons. The molecular formula is C21H19F4N5O2. The third kappa shape index (κ3) is 4.12. The smallest absolute Gasteiger partial charge is 0.433 e. The van der Waals surface area contributed by atoms with Crippen LogP contribution >= 0.6 is 0 Å². The Hall–Kier alpha value is -3.21. The molecule has 5 rings (SSSR count). The number of aromatic nitrogens is 3. The van der Waals surface area contributed by atoms with Crippen LogP contribution in [0.1, 0.15) is 18.5 Å². The molecule has 2 aliphatic rings. The summed E-state index contributed by atoms with van der Waals surface area (Å²) in [4.78, 5) is 15.4. The molecule has 0 unspecified atom stereocenters. The average Bonchev–Trinajstić information content (AvgIpc) is 3.50. The van der Waals surface area contributed by atoms with Crippen molar-refractivity contribution in [1.82, 2.24) is 19.9 Å². The van der Waals surface area contributed by atoms with Gasteiger partial charge in [0.25, 0.3) is 0 Å². The van der Waals surface area contributed by atoms with Crippen LogP contribution in [0.4, 0.5) is 23.4 Å². The molecule has 0 atom stereocenters. The van der Waals surface area contributed by atoms with Gasteiger partial charge in [-0.15, -0.1) is 0 Å². The van der Waals surface area contributed by atoms with Crippen LogP contribution in [0, 0.1) is 5.92 Å². The topological polar surface area (TPSA) is 80.5 Å². The molecule has 11 heteroatoms. The van der Waals surface area contributed by atoms with Crippen molar-refractivity contribution in [3.63, 3.8) is 0 Å². The molecule has 0 aromatic carbocycles. The van der Waals surface area contributed by atoms with Gasteiger partial charge < -0.3 is 15.4 Å². The van der Waals surface area contributed by atoms with Gasteiger partial charge in [-0.3, -0.25) is 4.79 Å². The summed E-state index contributed by atoms with van der Waals surface area (Å²) in [5.41, 5.74) is -1.53. The first kappa shape index (κ1) is 20.7. The Morgan fingerprint density at radius 1 is 1.28 bits per heavy atom. The third-order valence-corrected chi connectivity index (χ3v) is 5.50. The highest BCUT2D eigenvalue weighted by molar-refractivity contribution is 5.93.